The summed E-state index contributed by atoms with van der Waals surface area (Å²) < 4.78 is 0. The van der Waals surface area contributed by atoms with Crippen LogP contribution in [-0.4, -0.2) is 0 Å². The Kier molecular flexibility index (Phi) is 6.35. The lowest BCUT2D eigenvalue weighted by atomic mass is 9.78. The molecule has 0 heterocycles. The normalized spacial score (nSPS) is 21.4. The molecule has 0 N–H and O–H groups in total. The molecule has 0 amide bonds. The second-order valence-corrected chi connectivity index (χ2v) is 15.1. The van der Waals surface area contributed by atoms with E-state index in [0.717, 1.165) is 32.1 Å². The van der Waals surface area contributed by atoms with Crippen molar-refractivity contribution in [3.63, 3.8) is 0 Å². The molecule has 1 atom stereocenters. The lowest BCUT2D eigenvalue weighted by Crippen LogP contribution is -2.22. The van der Waals surface area contributed by atoms with Crippen LogP contribution in [0.1, 0.15) is 93.5 Å². The van der Waals surface area contributed by atoms with Gasteiger partial charge in [0.1, 0.15) is 0 Å². The summed E-state index contributed by atoms with van der Waals surface area (Å²) in [5, 5.41) is 2.65. The molecule has 1 heteroatoms. The van der Waals surface area contributed by atoms with Gasteiger partial charge < -0.3 is 4.90 Å². The Bertz CT molecular complexity index is 2150. The molecular formula is C46H43N. The lowest BCUT2D eigenvalue weighted by Gasteiger charge is -2.33. The molecule has 0 aliphatic heterocycles. The number of nitrogens with zero attached hydrogens (tertiary/aromatic N) is 1. The van der Waals surface area contributed by atoms with E-state index in [1.807, 2.05) is 0 Å². The predicted octanol–water partition coefficient (Wildman–Crippen LogP) is 12.4. The topological polar surface area (TPSA) is 3.24 Å². The number of allylic oxidation sites excluding steroid dienone is 12. The van der Waals surface area contributed by atoms with Gasteiger partial charge in [0, 0.05) is 33.8 Å². The average molecular weight is 610 g/mol. The Hall–Kier alpha value is -4.62. The molecule has 0 fully saturated rings. The molecule has 1 unspecified atom stereocenters. The highest BCUT2D eigenvalue weighted by Gasteiger charge is 2.41. The summed E-state index contributed by atoms with van der Waals surface area (Å²) in [5.74, 6) is 0.446. The van der Waals surface area contributed by atoms with Crippen molar-refractivity contribution in [2.75, 3.05) is 4.90 Å². The molecule has 0 saturated carbocycles. The van der Waals surface area contributed by atoms with Crippen molar-refractivity contribution in [2.24, 2.45) is 0 Å². The van der Waals surface area contributed by atoms with Crippen LogP contribution in [0, 0.1) is 0 Å². The van der Waals surface area contributed by atoms with E-state index in [9.17, 15) is 0 Å². The van der Waals surface area contributed by atoms with Gasteiger partial charge in [-0.3, -0.25) is 0 Å². The molecule has 4 aromatic carbocycles. The van der Waals surface area contributed by atoms with Gasteiger partial charge in [0.25, 0.3) is 0 Å². The molecular weight excluding hydrogens is 567 g/mol. The van der Waals surface area contributed by atoms with Crippen molar-refractivity contribution in [1.82, 2.24) is 0 Å². The summed E-state index contributed by atoms with van der Waals surface area (Å²) in [6.07, 6.45) is 21.9. The third kappa shape index (κ3) is 4.36. The smallest absolute Gasteiger partial charge is 0.0461 e. The minimum atomic E-state index is 0.0000742. The molecule has 232 valence electrons. The van der Waals surface area contributed by atoms with Crippen molar-refractivity contribution in [3.8, 4) is 0 Å². The zero-order valence-corrected chi connectivity index (χ0v) is 28.1. The van der Waals surface area contributed by atoms with E-state index < -0.39 is 0 Å². The van der Waals surface area contributed by atoms with Gasteiger partial charge in [-0.2, -0.15) is 0 Å². The Balaban J connectivity index is 1.19. The van der Waals surface area contributed by atoms with Crippen molar-refractivity contribution in [1.29, 1.82) is 0 Å². The summed E-state index contributed by atoms with van der Waals surface area (Å²) in [5.41, 5.74) is 17.0. The van der Waals surface area contributed by atoms with Crippen LogP contribution in [-0.2, 0) is 10.8 Å². The summed E-state index contributed by atoms with van der Waals surface area (Å²) in [6.45, 7) is 9.69. The zero-order chi connectivity index (χ0) is 31.9. The van der Waals surface area contributed by atoms with Gasteiger partial charge in [-0.1, -0.05) is 112 Å². The van der Waals surface area contributed by atoms with Gasteiger partial charge in [0.05, 0.1) is 0 Å². The van der Waals surface area contributed by atoms with Crippen LogP contribution in [0.4, 0.5) is 11.4 Å². The van der Waals surface area contributed by atoms with Crippen LogP contribution in [0.25, 0.3) is 21.9 Å². The first kappa shape index (κ1) is 28.6. The van der Waals surface area contributed by atoms with E-state index in [0.29, 0.717) is 5.92 Å². The predicted molar refractivity (Wildman–Crippen MR) is 200 cm³/mol. The van der Waals surface area contributed by atoms with Crippen molar-refractivity contribution in [2.45, 2.75) is 76.5 Å². The highest BCUT2D eigenvalue weighted by molar-refractivity contribution is 5.96. The molecule has 4 aromatic rings. The van der Waals surface area contributed by atoms with Gasteiger partial charge in [0.2, 0.25) is 0 Å². The third-order valence-corrected chi connectivity index (χ3v) is 11.8. The van der Waals surface area contributed by atoms with E-state index >= 15 is 0 Å². The molecule has 0 saturated heterocycles. The van der Waals surface area contributed by atoms with Crippen LogP contribution < -0.4 is 4.90 Å². The number of fused-ring (bicyclic) bond motifs is 6. The van der Waals surface area contributed by atoms with E-state index in [4.69, 9.17) is 0 Å². The quantitative estimate of drug-likeness (QED) is 0.222. The standard InChI is InChI=1S/C46H43N/c1-45(2)41-17-11-10-16-37(41)38-24-22-36(29-44(38)45)47(34-20-18-31(19-21-34)30-12-6-5-7-13-30)35-23-25-42-40(28-35)39-26-32-14-8-9-15-33(32)27-43(39)46(42,3)4/h5-9,12,14-22,24,26-30H,10-11,13,23,25H2,1-4H3. The number of benzene rings is 4. The van der Waals surface area contributed by atoms with Gasteiger partial charge in [-0.25, -0.2) is 0 Å². The second kappa shape index (κ2) is 10.4. The van der Waals surface area contributed by atoms with Crippen molar-refractivity contribution in [3.05, 3.63) is 166 Å². The first-order valence-corrected chi connectivity index (χ1v) is 17.6. The van der Waals surface area contributed by atoms with Crippen LogP contribution in [0.15, 0.2) is 138 Å². The second-order valence-electron chi connectivity index (χ2n) is 15.1. The third-order valence-electron chi connectivity index (χ3n) is 11.8. The Morgan fingerprint density at radius 3 is 2.21 bits per heavy atom. The minimum absolute atomic E-state index is 0.0000742. The van der Waals surface area contributed by atoms with Gasteiger partial charge in [0.15, 0.2) is 0 Å². The highest BCUT2D eigenvalue weighted by Crippen LogP contribution is 2.55. The summed E-state index contributed by atoms with van der Waals surface area (Å²) in [6, 6.07) is 30.4. The summed E-state index contributed by atoms with van der Waals surface area (Å²) in [7, 11) is 0. The van der Waals surface area contributed by atoms with E-state index in [1.165, 1.54) is 72.4 Å². The van der Waals surface area contributed by atoms with Crippen LogP contribution in [0.3, 0.4) is 0 Å². The molecule has 0 aromatic heterocycles. The van der Waals surface area contributed by atoms with E-state index in [-0.39, 0.29) is 10.8 Å². The fraction of sp³-hybridized carbons (Fsp3) is 0.261. The number of hydrogen-bond acceptors (Lipinski definition) is 1. The first-order chi connectivity index (χ1) is 22.8. The molecule has 0 radical (unpaired) electrons. The molecule has 0 bridgehead atoms. The van der Waals surface area contributed by atoms with Crippen LogP contribution in [0.2, 0.25) is 0 Å². The maximum Gasteiger partial charge on any atom is 0.0461 e. The Morgan fingerprint density at radius 1 is 0.681 bits per heavy atom. The van der Waals surface area contributed by atoms with Gasteiger partial charge in [-0.05, 0) is 130 Å². The summed E-state index contributed by atoms with van der Waals surface area (Å²) in [4.78, 5) is 2.57. The largest absolute Gasteiger partial charge is 0.314 e. The SMILES string of the molecule is CC1(C)C2=CCCC=C2c2ccc(N(C3=CC4=C(CC3)C(C)(C)c3cc5ccccc5cc34)c3ccc(C4C=CC=CC4)cc3)cc21. The van der Waals surface area contributed by atoms with Crippen molar-refractivity contribution >= 4 is 33.3 Å². The highest BCUT2D eigenvalue weighted by atomic mass is 15.1. The van der Waals surface area contributed by atoms with Crippen LogP contribution in [0.5, 0.6) is 0 Å². The van der Waals surface area contributed by atoms with Gasteiger partial charge in [-0.15, -0.1) is 0 Å². The molecule has 1 nitrogen and oxygen atoms in total. The number of anilines is 2. The molecule has 5 aliphatic carbocycles. The zero-order valence-electron chi connectivity index (χ0n) is 28.1. The molecule has 0 spiro atoms. The fourth-order valence-electron chi connectivity index (χ4n) is 9.19. The first-order valence-electron chi connectivity index (χ1n) is 17.6. The van der Waals surface area contributed by atoms with E-state index in [2.05, 4.69) is 154 Å². The fourth-order valence-corrected chi connectivity index (χ4v) is 9.19. The number of rotatable bonds is 4. The molecule has 47 heavy (non-hydrogen) atoms. The maximum atomic E-state index is 2.57. The Labute approximate surface area is 280 Å². The monoisotopic (exact) mass is 609 g/mol. The van der Waals surface area contributed by atoms with Crippen molar-refractivity contribution < 1.29 is 0 Å². The average Bonchev–Trinajstić information content (AvgIpc) is 3.47. The summed E-state index contributed by atoms with van der Waals surface area (Å²) >= 11 is 0. The van der Waals surface area contributed by atoms with Crippen LogP contribution >= 0.6 is 0 Å². The maximum absolute atomic E-state index is 2.57. The minimum Gasteiger partial charge on any atom is -0.314 e. The molecule has 5 aliphatic rings. The molecule has 9 rings (SSSR count). The van der Waals surface area contributed by atoms with Gasteiger partial charge >= 0.3 is 0 Å². The van der Waals surface area contributed by atoms with E-state index in [1.54, 1.807) is 5.57 Å². The Morgan fingerprint density at radius 2 is 1.43 bits per heavy atom. The number of hydrogen-bond donors (Lipinski definition) is 0. The lowest BCUT2D eigenvalue weighted by molar-refractivity contribution is 0.603.